The molecule has 0 unspecified atom stereocenters. The van der Waals surface area contributed by atoms with Gasteiger partial charge in [0.05, 0.1) is 10.6 Å². The van der Waals surface area contributed by atoms with E-state index < -0.39 is 10.0 Å². The van der Waals surface area contributed by atoms with Gasteiger partial charge < -0.3 is 0 Å². The molecule has 0 saturated carbocycles. The maximum Gasteiger partial charge on any atom is 0.262 e. The summed E-state index contributed by atoms with van der Waals surface area (Å²) in [5.41, 5.74) is 0.584. The second-order valence-electron chi connectivity index (χ2n) is 4.66. The number of rotatable bonds is 4. The molecule has 6 heteroatoms. The van der Waals surface area contributed by atoms with Crippen molar-refractivity contribution >= 4 is 38.2 Å². The van der Waals surface area contributed by atoms with Crippen LogP contribution in [0.4, 0.5) is 5.69 Å². The molecule has 0 aliphatic heterocycles. The highest BCUT2D eigenvalue weighted by atomic mass is 32.2. The Hall–Kier alpha value is -2.05. The number of pyridine rings is 1. The van der Waals surface area contributed by atoms with Crippen LogP contribution < -0.4 is 4.72 Å². The molecule has 0 bridgehead atoms. The van der Waals surface area contributed by atoms with E-state index in [0.717, 1.165) is 10.3 Å². The molecule has 3 rings (SSSR count). The minimum atomic E-state index is -3.66. The third-order valence-electron chi connectivity index (χ3n) is 3.28. The second-order valence-corrected chi connectivity index (χ2v) is 7.16. The number of hydrogen-bond donors (Lipinski definition) is 1. The fraction of sp³-hybridized carbons (Fsp3) is 0.0625. The van der Waals surface area contributed by atoms with E-state index in [-0.39, 0.29) is 4.90 Å². The lowest BCUT2D eigenvalue weighted by Crippen LogP contribution is -2.14. The summed E-state index contributed by atoms with van der Waals surface area (Å²) in [6.45, 7) is 0. The van der Waals surface area contributed by atoms with Crippen LogP contribution in [0.15, 0.2) is 70.7 Å². The molecule has 112 valence electrons. The molecule has 0 atom stereocenters. The summed E-state index contributed by atoms with van der Waals surface area (Å²) >= 11 is 1.50. The fourth-order valence-corrected chi connectivity index (χ4v) is 4.18. The molecule has 0 aliphatic rings. The smallest absolute Gasteiger partial charge is 0.262 e. The molecule has 0 aliphatic carbocycles. The Balaban J connectivity index is 2.09. The highest BCUT2D eigenvalue weighted by Gasteiger charge is 2.18. The van der Waals surface area contributed by atoms with Crippen LogP contribution >= 0.6 is 11.8 Å². The van der Waals surface area contributed by atoms with Gasteiger partial charge in [0, 0.05) is 28.1 Å². The van der Waals surface area contributed by atoms with Gasteiger partial charge in [-0.15, -0.1) is 11.8 Å². The predicted molar refractivity (Wildman–Crippen MR) is 90.8 cm³/mol. The molecular formula is C16H14N2O2S2. The number of hydrogen-bond acceptors (Lipinski definition) is 4. The normalized spacial score (nSPS) is 11.5. The van der Waals surface area contributed by atoms with Crippen LogP contribution in [0.25, 0.3) is 10.8 Å². The Kier molecular flexibility index (Phi) is 4.04. The molecule has 0 amide bonds. The van der Waals surface area contributed by atoms with Gasteiger partial charge in [0.15, 0.2) is 0 Å². The molecule has 1 heterocycles. The van der Waals surface area contributed by atoms with Crippen molar-refractivity contribution in [3.63, 3.8) is 0 Å². The average molecular weight is 330 g/mol. The lowest BCUT2D eigenvalue weighted by atomic mass is 10.2. The highest BCUT2D eigenvalue weighted by Crippen LogP contribution is 2.29. The maximum absolute atomic E-state index is 12.7. The van der Waals surface area contributed by atoms with E-state index in [1.165, 1.54) is 11.8 Å². The third kappa shape index (κ3) is 2.80. The molecular weight excluding hydrogens is 316 g/mol. The summed E-state index contributed by atoms with van der Waals surface area (Å²) in [6, 6.07) is 14.2. The van der Waals surface area contributed by atoms with E-state index in [1.54, 1.807) is 36.7 Å². The quantitative estimate of drug-likeness (QED) is 0.740. The van der Waals surface area contributed by atoms with Gasteiger partial charge in [-0.25, -0.2) is 8.42 Å². The first-order valence-electron chi connectivity index (χ1n) is 6.60. The number of nitrogens with zero attached hydrogens (tertiary/aromatic N) is 1. The van der Waals surface area contributed by atoms with Crippen molar-refractivity contribution in [3.05, 3.63) is 60.9 Å². The van der Waals surface area contributed by atoms with Gasteiger partial charge in [0.25, 0.3) is 10.0 Å². The van der Waals surface area contributed by atoms with E-state index in [1.807, 2.05) is 30.5 Å². The Morgan fingerprint density at radius 2 is 1.86 bits per heavy atom. The summed E-state index contributed by atoms with van der Waals surface area (Å²) in [5, 5.41) is 1.45. The van der Waals surface area contributed by atoms with Gasteiger partial charge in [0.1, 0.15) is 0 Å². The van der Waals surface area contributed by atoms with Crippen LogP contribution in [0.1, 0.15) is 0 Å². The molecule has 0 saturated heterocycles. The van der Waals surface area contributed by atoms with Crippen LogP contribution in [0.2, 0.25) is 0 Å². The minimum absolute atomic E-state index is 0.253. The Labute approximate surface area is 133 Å². The van der Waals surface area contributed by atoms with E-state index in [9.17, 15) is 8.42 Å². The zero-order valence-corrected chi connectivity index (χ0v) is 13.5. The summed E-state index contributed by atoms with van der Waals surface area (Å²) < 4.78 is 28.2. The SMILES string of the molecule is CSc1ccccc1NS(=O)(=O)c1cccc2cnccc12. The lowest BCUT2D eigenvalue weighted by Gasteiger charge is -2.12. The van der Waals surface area contributed by atoms with Crippen LogP contribution in [0.3, 0.4) is 0 Å². The Morgan fingerprint density at radius 3 is 2.68 bits per heavy atom. The topological polar surface area (TPSA) is 59.1 Å². The monoisotopic (exact) mass is 330 g/mol. The standard InChI is InChI=1S/C16H14N2O2S2/c1-21-15-7-3-2-6-14(15)18-22(19,20)16-8-4-5-12-11-17-10-9-13(12)16/h2-11,18H,1H3. The van der Waals surface area contributed by atoms with Crippen molar-refractivity contribution in [3.8, 4) is 0 Å². The first-order chi connectivity index (χ1) is 10.6. The number of benzene rings is 2. The molecule has 0 fully saturated rings. The number of thioether (sulfide) groups is 1. The van der Waals surface area contributed by atoms with Crippen LogP contribution in [-0.2, 0) is 10.0 Å². The van der Waals surface area contributed by atoms with Crippen LogP contribution in [0.5, 0.6) is 0 Å². The zero-order chi connectivity index (χ0) is 15.6. The predicted octanol–water partition coefficient (Wildman–Crippen LogP) is 3.76. The average Bonchev–Trinajstić information content (AvgIpc) is 2.54. The van der Waals surface area contributed by atoms with Crippen LogP contribution in [-0.4, -0.2) is 19.7 Å². The van der Waals surface area contributed by atoms with E-state index >= 15 is 0 Å². The van der Waals surface area contributed by atoms with E-state index in [0.29, 0.717) is 11.1 Å². The molecule has 0 radical (unpaired) electrons. The number of anilines is 1. The first-order valence-corrected chi connectivity index (χ1v) is 9.31. The largest absolute Gasteiger partial charge is 0.278 e. The fourth-order valence-electron chi connectivity index (χ4n) is 2.26. The maximum atomic E-state index is 12.7. The Morgan fingerprint density at radius 1 is 1.05 bits per heavy atom. The number of sulfonamides is 1. The van der Waals surface area contributed by atoms with Crippen molar-refractivity contribution in [2.45, 2.75) is 9.79 Å². The number of fused-ring (bicyclic) bond motifs is 1. The van der Waals surface area contributed by atoms with E-state index in [4.69, 9.17) is 0 Å². The highest BCUT2D eigenvalue weighted by molar-refractivity contribution is 7.99. The molecule has 4 nitrogen and oxygen atoms in total. The summed E-state index contributed by atoms with van der Waals surface area (Å²) in [7, 11) is -3.66. The molecule has 2 aromatic carbocycles. The van der Waals surface area contributed by atoms with Crippen molar-refractivity contribution in [1.82, 2.24) is 4.98 Å². The lowest BCUT2D eigenvalue weighted by molar-refractivity contribution is 0.602. The zero-order valence-electron chi connectivity index (χ0n) is 11.9. The molecule has 1 N–H and O–H groups in total. The summed E-state index contributed by atoms with van der Waals surface area (Å²) in [5.74, 6) is 0. The van der Waals surface area contributed by atoms with E-state index in [2.05, 4.69) is 9.71 Å². The van der Waals surface area contributed by atoms with Crippen molar-refractivity contribution in [2.75, 3.05) is 11.0 Å². The van der Waals surface area contributed by atoms with Gasteiger partial charge in [-0.3, -0.25) is 9.71 Å². The first kappa shape index (κ1) is 14.9. The summed E-state index contributed by atoms with van der Waals surface area (Å²) in [4.78, 5) is 5.16. The molecule has 3 aromatic rings. The van der Waals surface area contributed by atoms with Crippen molar-refractivity contribution < 1.29 is 8.42 Å². The second kappa shape index (κ2) is 5.98. The third-order valence-corrected chi connectivity index (χ3v) is 5.50. The van der Waals surface area contributed by atoms with Gasteiger partial charge in [0.2, 0.25) is 0 Å². The van der Waals surface area contributed by atoms with Crippen molar-refractivity contribution in [2.24, 2.45) is 0 Å². The van der Waals surface area contributed by atoms with Gasteiger partial charge in [-0.2, -0.15) is 0 Å². The number of para-hydroxylation sites is 1. The number of nitrogens with one attached hydrogen (secondary N) is 1. The van der Waals surface area contributed by atoms with Gasteiger partial charge >= 0.3 is 0 Å². The molecule has 1 aromatic heterocycles. The number of aromatic nitrogens is 1. The van der Waals surface area contributed by atoms with Gasteiger partial charge in [-0.05, 0) is 30.5 Å². The summed E-state index contributed by atoms with van der Waals surface area (Å²) in [6.07, 6.45) is 5.16. The Bertz CT molecular complexity index is 919. The minimum Gasteiger partial charge on any atom is -0.278 e. The van der Waals surface area contributed by atoms with Gasteiger partial charge in [-0.1, -0.05) is 24.3 Å². The molecule has 22 heavy (non-hydrogen) atoms. The van der Waals surface area contributed by atoms with Crippen molar-refractivity contribution in [1.29, 1.82) is 0 Å². The molecule has 0 spiro atoms. The van der Waals surface area contributed by atoms with Crippen LogP contribution in [0, 0.1) is 0 Å².